The van der Waals surface area contributed by atoms with Gasteiger partial charge < -0.3 is 9.47 Å². The van der Waals surface area contributed by atoms with Crippen LogP contribution in [-0.4, -0.2) is 34.8 Å². The molecule has 0 unspecified atom stereocenters. The summed E-state index contributed by atoms with van der Waals surface area (Å²) >= 11 is 3.49. The first-order chi connectivity index (χ1) is 10.1. The summed E-state index contributed by atoms with van der Waals surface area (Å²) in [6.45, 7) is 6.21. The molecular formula is C14H17BrN4O2. The van der Waals surface area contributed by atoms with Gasteiger partial charge in [-0.25, -0.2) is 4.68 Å². The van der Waals surface area contributed by atoms with E-state index in [1.165, 1.54) is 0 Å². The molecule has 0 atom stereocenters. The molecule has 0 N–H and O–H groups in total. The molecule has 0 saturated carbocycles. The van der Waals surface area contributed by atoms with Crippen molar-refractivity contribution in [2.45, 2.75) is 20.8 Å². The summed E-state index contributed by atoms with van der Waals surface area (Å²) in [4.78, 5) is 0. The smallest absolute Gasteiger partial charge is 0.175 e. The summed E-state index contributed by atoms with van der Waals surface area (Å²) < 4.78 is 13.4. The van der Waals surface area contributed by atoms with Gasteiger partial charge >= 0.3 is 0 Å². The van der Waals surface area contributed by atoms with Gasteiger partial charge in [0.15, 0.2) is 23.1 Å². The van der Waals surface area contributed by atoms with Crippen LogP contribution in [-0.2, 0) is 0 Å². The average molecular weight is 353 g/mol. The van der Waals surface area contributed by atoms with Crippen molar-refractivity contribution in [3.8, 4) is 11.5 Å². The molecule has 6 nitrogen and oxygen atoms in total. The number of halogens is 1. The molecule has 0 amide bonds. The highest BCUT2D eigenvalue weighted by Crippen LogP contribution is 2.36. The first kappa shape index (κ1) is 15.5. The summed E-state index contributed by atoms with van der Waals surface area (Å²) in [5, 5.41) is 12.3. The van der Waals surface area contributed by atoms with Crippen LogP contribution in [0.1, 0.15) is 24.1 Å². The predicted molar refractivity (Wildman–Crippen MR) is 84.4 cm³/mol. The van der Waals surface area contributed by atoms with E-state index in [9.17, 15) is 0 Å². The average Bonchev–Trinajstić information content (AvgIpc) is 2.78. The predicted octanol–water partition coefficient (Wildman–Crippen LogP) is 2.95. The highest BCUT2D eigenvalue weighted by Gasteiger charge is 2.10. The monoisotopic (exact) mass is 352 g/mol. The molecule has 0 radical (unpaired) electrons. The molecule has 0 fully saturated rings. The van der Waals surface area contributed by atoms with E-state index in [4.69, 9.17) is 9.47 Å². The number of nitrogens with zero attached hydrogens (tertiary/aromatic N) is 4. The van der Waals surface area contributed by atoms with Gasteiger partial charge in [-0.1, -0.05) is 0 Å². The Kier molecular flexibility index (Phi) is 4.95. The Morgan fingerprint density at radius 2 is 1.95 bits per heavy atom. The minimum absolute atomic E-state index is 0.571. The number of benzene rings is 1. The summed E-state index contributed by atoms with van der Waals surface area (Å²) in [5.74, 6) is 2.82. The molecular weight excluding hydrogens is 336 g/mol. The highest BCUT2D eigenvalue weighted by molar-refractivity contribution is 9.10. The third-order valence-electron chi connectivity index (χ3n) is 2.82. The van der Waals surface area contributed by atoms with Gasteiger partial charge in [-0.3, -0.25) is 0 Å². The second-order valence-corrected chi connectivity index (χ2v) is 5.17. The number of ether oxygens (including phenoxy) is 2. The van der Waals surface area contributed by atoms with Gasteiger partial charge in [-0.2, -0.15) is 5.10 Å². The molecule has 0 bridgehead atoms. The van der Waals surface area contributed by atoms with E-state index >= 15 is 0 Å². The van der Waals surface area contributed by atoms with Crippen molar-refractivity contribution in [1.29, 1.82) is 0 Å². The van der Waals surface area contributed by atoms with Crippen LogP contribution in [0.25, 0.3) is 0 Å². The van der Waals surface area contributed by atoms with Gasteiger partial charge in [0.2, 0.25) is 0 Å². The molecule has 7 heteroatoms. The minimum atomic E-state index is 0.571. The molecule has 1 aromatic carbocycles. The van der Waals surface area contributed by atoms with Crippen LogP contribution >= 0.6 is 15.9 Å². The van der Waals surface area contributed by atoms with E-state index in [1.54, 1.807) is 18.0 Å². The van der Waals surface area contributed by atoms with E-state index in [-0.39, 0.29) is 0 Å². The molecule has 0 saturated heterocycles. The maximum Gasteiger partial charge on any atom is 0.175 e. The second kappa shape index (κ2) is 6.71. The summed E-state index contributed by atoms with van der Waals surface area (Å²) in [6.07, 6.45) is 1.73. The zero-order valence-electron chi connectivity index (χ0n) is 12.4. The molecule has 0 spiro atoms. The standard InChI is InChI=1S/C14H17BrN4O2/c1-5-21-14-12(15)6-11(7-13(14)20-4)8-16-19-9(2)17-18-10(19)3/h6-8H,5H2,1-4H3. The number of rotatable bonds is 5. The quantitative estimate of drug-likeness (QED) is 0.776. The third-order valence-corrected chi connectivity index (χ3v) is 3.40. The number of aryl methyl sites for hydroxylation is 2. The number of aromatic nitrogens is 3. The van der Waals surface area contributed by atoms with Crippen molar-refractivity contribution in [1.82, 2.24) is 14.9 Å². The Balaban J connectivity index is 2.35. The normalized spacial score (nSPS) is 11.1. The summed E-state index contributed by atoms with van der Waals surface area (Å²) in [5.41, 5.74) is 0.884. The Bertz CT molecular complexity index is 648. The van der Waals surface area contributed by atoms with E-state index in [0.717, 1.165) is 21.7 Å². The van der Waals surface area contributed by atoms with Crippen molar-refractivity contribution in [3.63, 3.8) is 0 Å². The first-order valence-corrected chi connectivity index (χ1v) is 7.29. The summed E-state index contributed by atoms with van der Waals surface area (Å²) in [6, 6.07) is 3.79. The molecule has 0 aliphatic heterocycles. The Morgan fingerprint density at radius 3 is 2.52 bits per heavy atom. The van der Waals surface area contributed by atoms with E-state index in [2.05, 4.69) is 31.2 Å². The fraction of sp³-hybridized carbons (Fsp3) is 0.357. The molecule has 112 valence electrons. The zero-order valence-corrected chi connectivity index (χ0v) is 14.0. The van der Waals surface area contributed by atoms with Crippen LogP contribution in [0.2, 0.25) is 0 Å². The lowest BCUT2D eigenvalue weighted by Gasteiger charge is -2.12. The van der Waals surface area contributed by atoms with Gasteiger partial charge in [-0.05, 0) is 54.4 Å². The molecule has 1 aromatic heterocycles. The number of hydrogen-bond donors (Lipinski definition) is 0. The molecule has 21 heavy (non-hydrogen) atoms. The molecule has 2 aromatic rings. The van der Waals surface area contributed by atoms with E-state index in [0.29, 0.717) is 18.1 Å². The molecule has 1 heterocycles. The lowest BCUT2D eigenvalue weighted by Crippen LogP contribution is -1.99. The van der Waals surface area contributed by atoms with Crippen LogP contribution < -0.4 is 9.47 Å². The first-order valence-electron chi connectivity index (χ1n) is 6.50. The van der Waals surface area contributed by atoms with Crippen molar-refractivity contribution in [2.75, 3.05) is 13.7 Å². The van der Waals surface area contributed by atoms with Crippen molar-refractivity contribution < 1.29 is 9.47 Å². The third kappa shape index (κ3) is 3.41. The maximum absolute atomic E-state index is 5.56. The van der Waals surface area contributed by atoms with Gasteiger partial charge in [0.1, 0.15) is 0 Å². The van der Waals surface area contributed by atoms with Crippen LogP contribution in [0.3, 0.4) is 0 Å². The van der Waals surface area contributed by atoms with Crippen LogP contribution in [0, 0.1) is 13.8 Å². The van der Waals surface area contributed by atoms with E-state index in [1.807, 2.05) is 32.9 Å². The maximum atomic E-state index is 5.56. The number of hydrogen-bond acceptors (Lipinski definition) is 5. The van der Waals surface area contributed by atoms with Crippen LogP contribution in [0.4, 0.5) is 0 Å². The minimum Gasteiger partial charge on any atom is -0.493 e. The van der Waals surface area contributed by atoms with Crippen molar-refractivity contribution >= 4 is 22.1 Å². The second-order valence-electron chi connectivity index (χ2n) is 4.32. The largest absolute Gasteiger partial charge is 0.493 e. The Morgan fingerprint density at radius 1 is 1.29 bits per heavy atom. The SMILES string of the molecule is CCOc1c(Br)cc(C=Nn2c(C)nnc2C)cc1OC. The lowest BCUT2D eigenvalue weighted by molar-refractivity contribution is 0.309. The molecule has 0 aliphatic rings. The fourth-order valence-electron chi connectivity index (χ4n) is 1.85. The van der Waals surface area contributed by atoms with Crippen molar-refractivity contribution in [2.24, 2.45) is 5.10 Å². The molecule has 0 aliphatic carbocycles. The van der Waals surface area contributed by atoms with Gasteiger partial charge in [0.25, 0.3) is 0 Å². The Labute approximate surface area is 131 Å². The van der Waals surface area contributed by atoms with Gasteiger partial charge in [0.05, 0.1) is 24.4 Å². The van der Waals surface area contributed by atoms with Gasteiger partial charge in [-0.15, -0.1) is 10.2 Å². The van der Waals surface area contributed by atoms with Crippen LogP contribution in [0.5, 0.6) is 11.5 Å². The van der Waals surface area contributed by atoms with Crippen LogP contribution in [0.15, 0.2) is 21.7 Å². The Hall–Kier alpha value is -1.89. The van der Waals surface area contributed by atoms with Crippen molar-refractivity contribution in [3.05, 3.63) is 33.8 Å². The zero-order chi connectivity index (χ0) is 15.4. The number of methoxy groups -OCH3 is 1. The topological polar surface area (TPSA) is 61.5 Å². The molecule has 2 rings (SSSR count). The van der Waals surface area contributed by atoms with E-state index < -0.39 is 0 Å². The fourth-order valence-corrected chi connectivity index (χ4v) is 2.43. The summed E-state index contributed by atoms with van der Waals surface area (Å²) in [7, 11) is 1.61. The van der Waals surface area contributed by atoms with Gasteiger partial charge in [0, 0.05) is 0 Å². The highest BCUT2D eigenvalue weighted by atomic mass is 79.9. The lowest BCUT2D eigenvalue weighted by atomic mass is 10.2.